The lowest BCUT2D eigenvalue weighted by Crippen LogP contribution is -2.00. The first-order chi connectivity index (χ1) is 6.93. The minimum absolute atomic E-state index is 0.0183. The predicted octanol–water partition coefficient (Wildman–Crippen LogP) is 1.73. The van der Waals surface area contributed by atoms with Gasteiger partial charge in [-0.1, -0.05) is 0 Å². The van der Waals surface area contributed by atoms with E-state index in [-0.39, 0.29) is 17.9 Å². The largest absolute Gasteiger partial charge is 0.504 e. The van der Waals surface area contributed by atoms with E-state index in [4.69, 9.17) is 5.11 Å². The van der Waals surface area contributed by atoms with Crippen LogP contribution in [0.15, 0.2) is 6.07 Å². The van der Waals surface area contributed by atoms with Crippen molar-refractivity contribution in [1.29, 1.82) is 0 Å². The number of phenols is 2. The fourth-order valence-corrected chi connectivity index (χ4v) is 1.45. The molecule has 0 saturated heterocycles. The fourth-order valence-electron chi connectivity index (χ4n) is 1.45. The summed E-state index contributed by atoms with van der Waals surface area (Å²) in [6.07, 6.45) is 0.375. The summed E-state index contributed by atoms with van der Waals surface area (Å²) in [5, 5.41) is 27.3. The van der Waals surface area contributed by atoms with Crippen LogP contribution in [0.4, 0.5) is 0 Å². The van der Waals surface area contributed by atoms with Crippen LogP contribution in [0.5, 0.6) is 11.5 Å². The summed E-state index contributed by atoms with van der Waals surface area (Å²) in [7, 11) is 0. The Kier molecular flexibility index (Phi) is 3.19. The molecule has 0 radical (unpaired) electrons. The van der Waals surface area contributed by atoms with Crippen molar-refractivity contribution in [3.05, 3.63) is 22.8 Å². The third-order valence-electron chi connectivity index (χ3n) is 2.56. The van der Waals surface area contributed by atoms with Crippen molar-refractivity contribution in [1.82, 2.24) is 0 Å². The topological polar surface area (TPSA) is 77.8 Å². The highest BCUT2D eigenvalue weighted by Crippen LogP contribution is 2.33. The minimum atomic E-state index is -0.875. The summed E-state index contributed by atoms with van der Waals surface area (Å²) in [4.78, 5) is 10.4. The first-order valence-electron chi connectivity index (χ1n) is 4.66. The van der Waals surface area contributed by atoms with E-state index < -0.39 is 5.97 Å². The van der Waals surface area contributed by atoms with E-state index in [2.05, 4.69) is 0 Å². The highest BCUT2D eigenvalue weighted by atomic mass is 16.4. The number of carboxylic acids is 1. The van der Waals surface area contributed by atoms with Gasteiger partial charge in [-0.25, -0.2) is 0 Å². The number of benzene rings is 1. The van der Waals surface area contributed by atoms with Crippen LogP contribution < -0.4 is 0 Å². The van der Waals surface area contributed by atoms with Crippen molar-refractivity contribution >= 4 is 5.97 Å². The molecule has 0 aromatic heterocycles. The number of aryl methyl sites for hydroxylation is 1. The van der Waals surface area contributed by atoms with Crippen molar-refractivity contribution in [2.24, 2.45) is 0 Å². The lowest BCUT2D eigenvalue weighted by Gasteiger charge is -2.11. The monoisotopic (exact) mass is 210 g/mol. The number of hydrogen-bond acceptors (Lipinski definition) is 3. The minimum Gasteiger partial charge on any atom is -0.504 e. The van der Waals surface area contributed by atoms with Gasteiger partial charge in [0.25, 0.3) is 0 Å². The number of aromatic hydroxyl groups is 2. The molecule has 0 aliphatic heterocycles. The molecule has 3 N–H and O–H groups in total. The van der Waals surface area contributed by atoms with Crippen molar-refractivity contribution in [2.45, 2.75) is 26.7 Å². The van der Waals surface area contributed by atoms with Crippen LogP contribution in [0.25, 0.3) is 0 Å². The highest BCUT2D eigenvalue weighted by molar-refractivity contribution is 5.67. The molecule has 4 nitrogen and oxygen atoms in total. The van der Waals surface area contributed by atoms with Gasteiger partial charge in [0, 0.05) is 6.42 Å². The molecule has 0 heterocycles. The maximum atomic E-state index is 10.4. The van der Waals surface area contributed by atoms with Crippen molar-refractivity contribution in [3.63, 3.8) is 0 Å². The number of aliphatic carboxylic acids is 1. The quantitative estimate of drug-likeness (QED) is 0.664. The molecule has 0 fully saturated rings. The molecule has 82 valence electrons. The summed E-state index contributed by atoms with van der Waals surface area (Å²) < 4.78 is 0. The van der Waals surface area contributed by atoms with Gasteiger partial charge < -0.3 is 15.3 Å². The molecule has 0 unspecified atom stereocenters. The number of rotatable bonds is 3. The van der Waals surface area contributed by atoms with Crippen LogP contribution in [0.3, 0.4) is 0 Å². The van der Waals surface area contributed by atoms with E-state index in [1.807, 2.05) is 0 Å². The third-order valence-corrected chi connectivity index (χ3v) is 2.56. The van der Waals surface area contributed by atoms with Crippen LogP contribution in [-0.2, 0) is 11.2 Å². The van der Waals surface area contributed by atoms with E-state index in [9.17, 15) is 15.0 Å². The second kappa shape index (κ2) is 4.21. The van der Waals surface area contributed by atoms with Crippen molar-refractivity contribution in [3.8, 4) is 11.5 Å². The van der Waals surface area contributed by atoms with Crippen molar-refractivity contribution in [2.75, 3.05) is 0 Å². The zero-order valence-corrected chi connectivity index (χ0v) is 8.74. The van der Waals surface area contributed by atoms with Gasteiger partial charge in [0.2, 0.25) is 0 Å². The Morgan fingerprint density at radius 2 is 1.87 bits per heavy atom. The molecule has 0 spiro atoms. The Hall–Kier alpha value is -1.71. The van der Waals surface area contributed by atoms with Gasteiger partial charge in [-0.2, -0.15) is 0 Å². The van der Waals surface area contributed by atoms with E-state index in [1.54, 1.807) is 13.8 Å². The van der Waals surface area contributed by atoms with Gasteiger partial charge in [0.05, 0.1) is 0 Å². The molecule has 15 heavy (non-hydrogen) atoms. The van der Waals surface area contributed by atoms with Crippen LogP contribution in [0.2, 0.25) is 0 Å². The average Bonchev–Trinajstić information content (AvgIpc) is 2.18. The smallest absolute Gasteiger partial charge is 0.303 e. The molecule has 0 aliphatic rings. The van der Waals surface area contributed by atoms with E-state index in [1.165, 1.54) is 6.07 Å². The van der Waals surface area contributed by atoms with Gasteiger partial charge in [-0.3, -0.25) is 4.79 Å². The Morgan fingerprint density at radius 1 is 1.27 bits per heavy atom. The standard InChI is InChI=1S/C11H14O4/c1-6-7(2)11(15)9(12)5-8(6)3-4-10(13)14/h5,12,15H,3-4H2,1-2H3,(H,13,14). The first-order valence-corrected chi connectivity index (χ1v) is 4.66. The number of hydrogen-bond donors (Lipinski definition) is 3. The second-order valence-electron chi connectivity index (χ2n) is 3.55. The van der Waals surface area contributed by atoms with Gasteiger partial charge in [-0.05, 0) is 43.0 Å². The Balaban J connectivity index is 3.04. The van der Waals surface area contributed by atoms with E-state index >= 15 is 0 Å². The predicted molar refractivity (Wildman–Crippen MR) is 55.2 cm³/mol. The number of phenolic OH excluding ortho intramolecular Hbond substituents is 2. The fraction of sp³-hybridized carbons (Fsp3) is 0.364. The number of carboxylic acid groups (broad SMARTS) is 1. The summed E-state index contributed by atoms with van der Waals surface area (Å²) in [5.41, 5.74) is 2.17. The average molecular weight is 210 g/mol. The van der Waals surface area contributed by atoms with Crippen LogP contribution in [-0.4, -0.2) is 21.3 Å². The SMILES string of the molecule is Cc1c(CCC(=O)O)cc(O)c(O)c1C. The summed E-state index contributed by atoms with van der Waals surface area (Å²) in [6, 6.07) is 1.42. The molecule has 1 aromatic carbocycles. The number of carbonyl (C=O) groups is 1. The molecule has 1 aromatic rings. The molecule has 0 aliphatic carbocycles. The Morgan fingerprint density at radius 3 is 2.40 bits per heavy atom. The van der Waals surface area contributed by atoms with Crippen LogP contribution in [0.1, 0.15) is 23.1 Å². The zero-order chi connectivity index (χ0) is 11.6. The molecule has 0 atom stereocenters. The maximum Gasteiger partial charge on any atom is 0.303 e. The molecule has 1 rings (SSSR count). The molecule has 0 saturated carbocycles. The van der Waals surface area contributed by atoms with E-state index in [0.29, 0.717) is 12.0 Å². The first kappa shape index (κ1) is 11.4. The lowest BCUT2D eigenvalue weighted by molar-refractivity contribution is -0.136. The van der Waals surface area contributed by atoms with Crippen LogP contribution in [0, 0.1) is 13.8 Å². The zero-order valence-electron chi connectivity index (χ0n) is 8.74. The Labute approximate surface area is 87.8 Å². The molecule has 4 heteroatoms. The molecular formula is C11H14O4. The van der Waals surface area contributed by atoms with E-state index in [0.717, 1.165) is 11.1 Å². The second-order valence-corrected chi connectivity index (χ2v) is 3.55. The summed E-state index contributed by atoms with van der Waals surface area (Å²) >= 11 is 0. The van der Waals surface area contributed by atoms with Gasteiger partial charge >= 0.3 is 5.97 Å². The van der Waals surface area contributed by atoms with Gasteiger partial charge in [0.1, 0.15) is 0 Å². The summed E-state index contributed by atoms with van der Waals surface area (Å²) in [6.45, 7) is 3.49. The molecule has 0 amide bonds. The normalized spacial score (nSPS) is 10.3. The summed E-state index contributed by atoms with van der Waals surface area (Å²) in [5.74, 6) is -1.20. The Bertz CT molecular complexity index is 396. The molecule has 0 bridgehead atoms. The molecular weight excluding hydrogens is 196 g/mol. The van der Waals surface area contributed by atoms with Crippen molar-refractivity contribution < 1.29 is 20.1 Å². The van der Waals surface area contributed by atoms with Crippen LogP contribution >= 0.6 is 0 Å². The third kappa shape index (κ3) is 2.40. The lowest BCUT2D eigenvalue weighted by atomic mass is 9.98. The van der Waals surface area contributed by atoms with Gasteiger partial charge in [0.15, 0.2) is 11.5 Å². The highest BCUT2D eigenvalue weighted by Gasteiger charge is 2.11. The maximum absolute atomic E-state index is 10.4. The van der Waals surface area contributed by atoms with Gasteiger partial charge in [-0.15, -0.1) is 0 Å².